The summed E-state index contributed by atoms with van der Waals surface area (Å²) >= 11 is 0. The van der Waals surface area contributed by atoms with Crippen LogP contribution in [0.25, 0.3) is 22.1 Å². The standard InChI is InChI=1S/C33H28F6N6O4S2/c1-18-26(40-9-7-28(18)48-16-32(34,35)36)14-50(46)30-42-22-5-3-20(12-24(22)44-30)11-21-4-6-23-25(13-21)45-31(43-23)51(47)15-27-19(2)29(8-10-41-27)49-17-33(37,38)39/h3-10,12-13H,11,14-17H2,1-2H3,(H,42,44)(H,43,45). The Hall–Kier alpha value is -4.84. The molecule has 0 saturated carbocycles. The molecule has 2 aromatic carbocycles. The second-order valence-corrected chi connectivity index (χ2v) is 14.2. The van der Waals surface area contributed by atoms with Crippen LogP contribution in [0.15, 0.2) is 71.2 Å². The number of nitrogens with one attached hydrogen (secondary N) is 2. The summed E-state index contributed by atoms with van der Waals surface area (Å²) in [7, 11) is -3.37. The molecule has 6 rings (SSSR count). The van der Waals surface area contributed by atoms with E-state index in [-0.39, 0.29) is 33.3 Å². The number of hydrogen-bond acceptors (Lipinski definition) is 8. The lowest BCUT2D eigenvalue weighted by Crippen LogP contribution is -2.20. The van der Waals surface area contributed by atoms with Crippen LogP contribution in [-0.4, -0.2) is 63.9 Å². The summed E-state index contributed by atoms with van der Waals surface area (Å²) in [6.07, 6.45) is -5.89. The number of rotatable bonds is 12. The van der Waals surface area contributed by atoms with Gasteiger partial charge in [0.05, 0.1) is 66.6 Å². The first-order chi connectivity index (χ1) is 24.1. The van der Waals surface area contributed by atoms with Crippen molar-refractivity contribution in [2.45, 2.75) is 54.4 Å². The van der Waals surface area contributed by atoms with E-state index in [2.05, 4.69) is 29.9 Å². The molecule has 51 heavy (non-hydrogen) atoms. The number of ether oxygens (including phenoxy) is 2. The fourth-order valence-corrected chi connectivity index (χ4v) is 7.36. The van der Waals surface area contributed by atoms with E-state index in [0.717, 1.165) is 11.1 Å². The van der Waals surface area contributed by atoms with Crippen LogP contribution >= 0.6 is 0 Å². The van der Waals surface area contributed by atoms with Gasteiger partial charge in [0.1, 0.15) is 11.5 Å². The molecule has 2 N–H and O–H groups in total. The monoisotopic (exact) mass is 750 g/mol. The SMILES string of the molecule is Cc1c(OCC(F)(F)F)ccnc1CS(=O)c1nc2ccc(Cc3ccc4nc(S(=O)Cc5nccc(OCC(F)(F)F)c5C)[nH]c4c3)cc2[nH]1. The molecular formula is C33H28F6N6O4S2. The fraction of sp³-hybridized carbons (Fsp3) is 0.273. The Balaban J connectivity index is 1.12. The van der Waals surface area contributed by atoms with E-state index in [1.807, 2.05) is 24.3 Å². The average Bonchev–Trinajstić information content (AvgIpc) is 3.69. The zero-order valence-electron chi connectivity index (χ0n) is 26.8. The van der Waals surface area contributed by atoms with Crippen molar-refractivity contribution in [3.8, 4) is 11.5 Å². The molecule has 10 nitrogen and oxygen atoms in total. The number of benzene rings is 2. The molecular weight excluding hydrogens is 723 g/mol. The Labute approximate surface area is 291 Å². The zero-order chi connectivity index (χ0) is 36.5. The van der Waals surface area contributed by atoms with Gasteiger partial charge >= 0.3 is 12.4 Å². The molecule has 18 heteroatoms. The molecule has 0 aliphatic rings. The van der Waals surface area contributed by atoms with Crippen LogP contribution in [0.1, 0.15) is 33.6 Å². The van der Waals surface area contributed by atoms with E-state index < -0.39 is 47.2 Å². The maximum Gasteiger partial charge on any atom is 0.422 e. The third-order valence-corrected chi connectivity index (χ3v) is 10.0. The van der Waals surface area contributed by atoms with Gasteiger partial charge in [0.2, 0.25) is 0 Å². The van der Waals surface area contributed by atoms with Gasteiger partial charge in [-0.3, -0.25) is 18.4 Å². The van der Waals surface area contributed by atoms with Gasteiger partial charge in [-0.2, -0.15) is 26.3 Å². The maximum absolute atomic E-state index is 13.2. The van der Waals surface area contributed by atoms with Crippen molar-refractivity contribution in [1.29, 1.82) is 0 Å². The van der Waals surface area contributed by atoms with Crippen LogP contribution in [-0.2, 0) is 39.5 Å². The van der Waals surface area contributed by atoms with Crippen LogP contribution in [0.3, 0.4) is 0 Å². The second-order valence-electron chi connectivity index (χ2n) is 11.5. The van der Waals surface area contributed by atoms with Crippen molar-refractivity contribution in [2.24, 2.45) is 0 Å². The number of alkyl halides is 6. The van der Waals surface area contributed by atoms with E-state index >= 15 is 0 Å². The summed E-state index contributed by atoms with van der Waals surface area (Å²) < 4.78 is 112. The van der Waals surface area contributed by atoms with E-state index in [4.69, 9.17) is 9.47 Å². The molecule has 0 bridgehead atoms. The van der Waals surface area contributed by atoms with Crippen LogP contribution in [0.4, 0.5) is 26.3 Å². The number of nitrogens with zero attached hydrogens (tertiary/aromatic N) is 4. The average molecular weight is 751 g/mol. The minimum atomic E-state index is -4.50. The maximum atomic E-state index is 13.2. The Morgan fingerprint density at radius 1 is 0.647 bits per heavy atom. The molecule has 268 valence electrons. The van der Waals surface area contributed by atoms with Gasteiger partial charge in [0.25, 0.3) is 0 Å². The summed E-state index contributed by atoms with van der Waals surface area (Å²) in [4.78, 5) is 23.4. The third kappa shape index (κ3) is 8.91. The van der Waals surface area contributed by atoms with E-state index in [9.17, 15) is 34.8 Å². The van der Waals surface area contributed by atoms with Gasteiger partial charge in [0, 0.05) is 23.5 Å². The molecule has 6 aromatic rings. The minimum absolute atomic E-state index is 0.0101. The summed E-state index contributed by atoms with van der Waals surface area (Å²) in [5, 5.41) is 0.380. The van der Waals surface area contributed by atoms with E-state index in [1.165, 1.54) is 24.5 Å². The van der Waals surface area contributed by atoms with Gasteiger partial charge in [-0.25, -0.2) is 9.97 Å². The lowest BCUT2D eigenvalue weighted by atomic mass is 10.0. The second kappa shape index (κ2) is 14.4. The highest BCUT2D eigenvalue weighted by atomic mass is 32.2. The Morgan fingerprint density at radius 3 is 1.45 bits per heavy atom. The number of aromatic nitrogens is 6. The van der Waals surface area contributed by atoms with Crippen molar-refractivity contribution >= 4 is 43.7 Å². The van der Waals surface area contributed by atoms with Crippen LogP contribution < -0.4 is 9.47 Å². The lowest BCUT2D eigenvalue weighted by Gasteiger charge is -2.13. The summed E-state index contributed by atoms with van der Waals surface area (Å²) in [6, 6.07) is 13.7. The quantitative estimate of drug-likeness (QED) is 0.129. The van der Waals surface area contributed by atoms with E-state index in [1.54, 1.807) is 26.0 Å². The molecule has 0 aliphatic heterocycles. The van der Waals surface area contributed by atoms with Gasteiger partial charge in [-0.05, 0) is 67.8 Å². The van der Waals surface area contributed by atoms with Crippen LogP contribution in [0, 0.1) is 13.8 Å². The van der Waals surface area contributed by atoms with Crippen LogP contribution in [0.5, 0.6) is 11.5 Å². The Kier molecular flexibility index (Phi) is 10.2. The van der Waals surface area contributed by atoms with Gasteiger partial charge in [-0.15, -0.1) is 0 Å². The number of imidazole rings is 2. The highest BCUT2D eigenvalue weighted by Gasteiger charge is 2.30. The molecule has 4 heterocycles. The Morgan fingerprint density at radius 2 is 1.06 bits per heavy atom. The summed E-state index contributed by atoms with van der Waals surface area (Å²) in [5.74, 6) is -0.151. The van der Waals surface area contributed by atoms with Crippen molar-refractivity contribution in [1.82, 2.24) is 29.9 Å². The highest BCUT2D eigenvalue weighted by molar-refractivity contribution is 7.84. The molecule has 0 fully saturated rings. The highest BCUT2D eigenvalue weighted by Crippen LogP contribution is 2.27. The van der Waals surface area contributed by atoms with Gasteiger partial charge in [-0.1, -0.05) is 12.1 Å². The summed E-state index contributed by atoms with van der Waals surface area (Å²) in [5.41, 5.74) is 5.61. The number of pyridine rings is 2. The lowest BCUT2D eigenvalue weighted by molar-refractivity contribution is -0.154. The predicted octanol–water partition coefficient (Wildman–Crippen LogP) is 6.93. The van der Waals surface area contributed by atoms with Crippen molar-refractivity contribution in [3.05, 3.63) is 94.6 Å². The first kappa shape index (κ1) is 36.0. The third-order valence-electron chi connectivity index (χ3n) is 7.72. The first-order valence-electron chi connectivity index (χ1n) is 15.1. The number of H-pyrrole nitrogens is 2. The van der Waals surface area contributed by atoms with Gasteiger partial charge in [0.15, 0.2) is 23.5 Å². The molecule has 0 amide bonds. The minimum Gasteiger partial charge on any atom is -0.484 e. The van der Waals surface area contributed by atoms with E-state index in [0.29, 0.717) is 51.0 Å². The fourth-order valence-electron chi connectivity index (χ4n) is 5.16. The smallest absolute Gasteiger partial charge is 0.422 e. The largest absolute Gasteiger partial charge is 0.484 e. The molecule has 0 saturated heterocycles. The topological polar surface area (TPSA) is 136 Å². The van der Waals surface area contributed by atoms with Crippen molar-refractivity contribution in [2.75, 3.05) is 13.2 Å². The molecule has 0 radical (unpaired) electrons. The number of fused-ring (bicyclic) bond motifs is 2. The summed E-state index contributed by atoms with van der Waals surface area (Å²) in [6.45, 7) is 0.210. The molecule has 2 atom stereocenters. The molecule has 4 aromatic heterocycles. The number of hydrogen-bond donors (Lipinski definition) is 2. The molecule has 0 aliphatic carbocycles. The zero-order valence-corrected chi connectivity index (χ0v) is 28.4. The van der Waals surface area contributed by atoms with Crippen molar-refractivity contribution < 1.29 is 44.2 Å². The van der Waals surface area contributed by atoms with Crippen LogP contribution in [0.2, 0.25) is 0 Å². The molecule has 2 unspecified atom stereocenters. The first-order valence-corrected chi connectivity index (χ1v) is 17.8. The molecule has 0 spiro atoms. The number of aromatic amines is 2. The van der Waals surface area contributed by atoms with Gasteiger partial charge < -0.3 is 19.4 Å². The predicted molar refractivity (Wildman–Crippen MR) is 176 cm³/mol. The van der Waals surface area contributed by atoms with Crippen molar-refractivity contribution in [3.63, 3.8) is 0 Å². The number of halogens is 6. The Bertz CT molecular complexity index is 2110. The normalized spacial score (nSPS) is 13.5.